The molecule has 1 N–H and O–H groups in total. The molecule has 142 valence electrons. The predicted octanol–water partition coefficient (Wildman–Crippen LogP) is 3.19. The fourth-order valence-corrected chi connectivity index (χ4v) is 3.70. The van der Waals surface area contributed by atoms with Crippen molar-refractivity contribution in [2.45, 2.75) is 12.8 Å². The van der Waals surface area contributed by atoms with Gasteiger partial charge in [0, 0.05) is 11.5 Å². The van der Waals surface area contributed by atoms with Crippen LogP contribution in [0.3, 0.4) is 0 Å². The molecule has 0 bridgehead atoms. The maximum Gasteiger partial charge on any atom is 0.319 e. The Morgan fingerprint density at radius 3 is 2.46 bits per heavy atom. The highest BCUT2D eigenvalue weighted by atomic mass is 19.1. The van der Waals surface area contributed by atoms with Gasteiger partial charge in [-0.05, 0) is 36.8 Å². The van der Waals surface area contributed by atoms with E-state index in [0.29, 0.717) is 22.6 Å². The lowest BCUT2D eigenvalue weighted by Gasteiger charge is -2.30. The number of nitrogens with zero attached hydrogens (tertiary/aromatic N) is 2. The molecule has 0 saturated heterocycles. The minimum Gasteiger partial charge on any atom is -0.468 e. The third-order valence-corrected chi connectivity index (χ3v) is 4.96. The van der Waals surface area contributed by atoms with Crippen LogP contribution in [-0.4, -0.2) is 28.8 Å². The molecule has 7 heteroatoms. The summed E-state index contributed by atoms with van der Waals surface area (Å²) in [4.78, 5) is 25.3. The third-order valence-electron chi connectivity index (χ3n) is 4.96. The van der Waals surface area contributed by atoms with E-state index in [9.17, 15) is 14.0 Å². The monoisotopic (exact) mass is 379 g/mol. The van der Waals surface area contributed by atoms with Crippen molar-refractivity contribution in [2.24, 2.45) is 5.92 Å². The molecule has 0 aliphatic carbocycles. The van der Waals surface area contributed by atoms with E-state index in [1.165, 1.54) is 19.2 Å². The molecule has 4 rings (SSSR count). The van der Waals surface area contributed by atoms with Gasteiger partial charge in [-0.25, -0.2) is 9.07 Å². The lowest BCUT2D eigenvalue weighted by Crippen LogP contribution is -2.40. The van der Waals surface area contributed by atoms with Crippen LogP contribution in [0.1, 0.15) is 22.7 Å². The summed E-state index contributed by atoms with van der Waals surface area (Å²) in [6.07, 6.45) is 0. The Labute approximate surface area is 160 Å². The average Bonchev–Trinajstić information content (AvgIpc) is 3.04. The van der Waals surface area contributed by atoms with Gasteiger partial charge in [0.05, 0.1) is 18.5 Å². The number of fused-ring (bicyclic) bond motifs is 1. The number of aryl methyl sites for hydroxylation is 1. The largest absolute Gasteiger partial charge is 0.468 e. The fraction of sp³-hybridized carbons (Fsp3) is 0.190. The molecule has 3 aromatic rings. The van der Waals surface area contributed by atoms with Crippen LogP contribution in [0.25, 0.3) is 5.69 Å². The number of esters is 1. The van der Waals surface area contributed by atoms with Crippen molar-refractivity contribution in [3.05, 3.63) is 77.2 Å². The van der Waals surface area contributed by atoms with E-state index in [1.54, 1.807) is 16.8 Å². The van der Waals surface area contributed by atoms with Crippen molar-refractivity contribution in [2.75, 3.05) is 12.4 Å². The molecule has 0 radical (unpaired) electrons. The van der Waals surface area contributed by atoms with Gasteiger partial charge < -0.3 is 10.1 Å². The quantitative estimate of drug-likeness (QED) is 0.560. The zero-order valence-corrected chi connectivity index (χ0v) is 15.3. The van der Waals surface area contributed by atoms with Crippen LogP contribution in [0.4, 0.5) is 10.2 Å². The Balaban J connectivity index is 1.94. The molecule has 2 aromatic carbocycles. The zero-order valence-electron chi connectivity index (χ0n) is 15.3. The van der Waals surface area contributed by atoms with Crippen molar-refractivity contribution < 1.29 is 18.7 Å². The summed E-state index contributed by atoms with van der Waals surface area (Å²) in [6, 6.07) is 15.2. The molecule has 0 fully saturated rings. The first-order valence-corrected chi connectivity index (χ1v) is 8.80. The smallest absolute Gasteiger partial charge is 0.319 e. The summed E-state index contributed by atoms with van der Waals surface area (Å²) in [5.41, 5.74) is 2.80. The van der Waals surface area contributed by atoms with Crippen molar-refractivity contribution in [1.82, 2.24) is 9.78 Å². The Bertz CT molecular complexity index is 1040. The molecule has 0 unspecified atom stereocenters. The highest BCUT2D eigenvalue weighted by molar-refractivity contribution is 6.08. The van der Waals surface area contributed by atoms with Crippen LogP contribution in [-0.2, 0) is 14.3 Å². The van der Waals surface area contributed by atoms with Crippen molar-refractivity contribution in [3.8, 4) is 5.69 Å². The Morgan fingerprint density at radius 1 is 1.14 bits per heavy atom. The van der Waals surface area contributed by atoms with Crippen molar-refractivity contribution in [1.29, 1.82) is 0 Å². The lowest BCUT2D eigenvalue weighted by molar-refractivity contribution is -0.149. The standard InChI is InChI=1S/C21H18FN3O3/c1-12-16-17(13-8-10-14(22)11-9-13)18(21(27)28-2)20(26)23-19(16)25(24-12)15-6-4-3-5-7-15/h3-11,17-18H,1-2H3,(H,23,26)/t17-,18-/m0/s1. The maximum absolute atomic E-state index is 13.5. The SMILES string of the molecule is COC(=O)[C@@H]1C(=O)Nc2c(c(C)nn2-c2ccccc2)[C@@H]1c1ccc(F)cc1. The van der Waals surface area contributed by atoms with Crippen LogP contribution in [0.5, 0.6) is 0 Å². The molecule has 1 aromatic heterocycles. The first-order valence-electron chi connectivity index (χ1n) is 8.80. The number of hydrogen-bond acceptors (Lipinski definition) is 4. The van der Waals surface area contributed by atoms with Gasteiger partial charge in [-0.15, -0.1) is 0 Å². The summed E-state index contributed by atoms with van der Waals surface area (Å²) in [6.45, 7) is 1.82. The van der Waals surface area contributed by atoms with E-state index in [2.05, 4.69) is 10.4 Å². The van der Waals surface area contributed by atoms with E-state index in [1.807, 2.05) is 37.3 Å². The number of carbonyl (C=O) groups excluding carboxylic acids is 2. The van der Waals surface area contributed by atoms with Crippen LogP contribution in [0, 0.1) is 18.7 Å². The lowest BCUT2D eigenvalue weighted by atomic mass is 9.77. The van der Waals surface area contributed by atoms with Gasteiger partial charge >= 0.3 is 5.97 Å². The average molecular weight is 379 g/mol. The van der Waals surface area contributed by atoms with Crippen LogP contribution < -0.4 is 5.32 Å². The van der Waals surface area contributed by atoms with Crippen LogP contribution >= 0.6 is 0 Å². The van der Waals surface area contributed by atoms with E-state index < -0.39 is 29.5 Å². The number of anilines is 1. The highest BCUT2D eigenvalue weighted by Gasteiger charge is 2.45. The van der Waals surface area contributed by atoms with Gasteiger partial charge in [-0.1, -0.05) is 30.3 Å². The zero-order chi connectivity index (χ0) is 19.8. The molecule has 1 aliphatic rings. The summed E-state index contributed by atoms with van der Waals surface area (Å²) < 4.78 is 20.0. The number of halogens is 1. The topological polar surface area (TPSA) is 73.2 Å². The second-order valence-electron chi connectivity index (χ2n) is 6.61. The second-order valence-corrected chi connectivity index (χ2v) is 6.61. The predicted molar refractivity (Wildman–Crippen MR) is 101 cm³/mol. The minimum atomic E-state index is -1.09. The van der Waals surface area contributed by atoms with E-state index in [4.69, 9.17) is 4.74 Å². The molecule has 1 aliphatic heterocycles. The number of aromatic nitrogens is 2. The number of hydrogen-bond donors (Lipinski definition) is 1. The molecular formula is C21H18FN3O3. The van der Waals surface area contributed by atoms with Gasteiger partial charge in [-0.2, -0.15) is 5.10 Å². The van der Waals surface area contributed by atoms with Gasteiger partial charge in [0.1, 0.15) is 17.6 Å². The Kier molecular flexibility index (Phi) is 4.43. The molecule has 0 spiro atoms. The first-order chi connectivity index (χ1) is 13.5. The number of carbonyl (C=O) groups is 2. The van der Waals surface area contributed by atoms with E-state index in [-0.39, 0.29) is 0 Å². The van der Waals surface area contributed by atoms with Crippen LogP contribution in [0.2, 0.25) is 0 Å². The first kappa shape index (κ1) is 17.9. The molecule has 0 saturated carbocycles. The normalized spacial score (nSPS) is 18.3. The molecule has 2 heterocycles. The Morgan fingerprint density at radius 2 is 1.82 bits per heavy atom. The molecular weight excluding hydrogens is 361 g/mol. The number of nitrogens with one attached hydrogen (secondary N) is 1. The summed E-state index contributed by atoms with van der Waals surface area (Å²) in [5.74, 6) is -2.74. The van der Waals surface area contributed by atoms with Gasteiger partial charge in [-0.3, -0.25) is 9.59 Å². The summed E-state index contributed by atoms with van der Waals surface area (Å²) in [7, 11) is 1.24. The number of amides is 1. The van der Waals surface area contributed by atoms with E-state index in [0.717, 1.165) is 5.69 Å². The Hall–Kier alpha value is -3.48. The van der Waals surface area contributed by atoms with Crippen molar-refractivity contribution in [3.63, 3.8) is 0 Å². The number of rotatable bonds is 3. The number of ether oxygens (including phenoxy) is 1. The molecule has 6 nitrogen and oxygen atoms in total. The molecule has 1 amide bonds. The summed E-state index contributed by atoms with van der Waals surface area (Å²) in [5, 5.41) is 7.40. The number of methoxy groups -OCH3 is 1. The van der Waals surface area contributed by atoms with Gasteiger partial charge in [0.15, 0.2) is 0 Å². The minimum absolute atomic E-state index is 0.393. The molecule has 2 atom stereocenters. The van der Waals surface area contributed by atoms with Gasteiger partial charge in [0.2, 0.25) is 5.91 Å². The fourth-order valence-electron chi connectivity index (χ4n) is 3.70. The third kappa shape index (κ3) is 2.85. The molecule has 28 heavy (non-hydrogen) atoms. The number of para-hydroxylation sites is 1. The second kappa shape index (κ2) is 6.92. The van der Waals surface area contributed by atoms with Gasteiger partial charge in [0.25, 0.3) is 0 Å². The van der Waals surface area contributed by atoms with Crippen LogP contribution in [0.15, 0.2) is 54.6 Å². The summed E-state index contributed by atoms with van der Waals surface area (Å²) >= 11 is 0. The van der Waals surface area contributed by atoms with E-state index >= 15 is 0 Å². The number of benzene rings is 2. The maximum atomic E-state index is 13.5. The van der Waals surface area contributed by atoms with Crippen molar-refractivity contribution >= 4 is 17.7 Å². The highest BCUT2D eigenvalue weighted by Crippen LogP contribution is 2.43.